The maximum atomic E-state index is 13.5. The number of halogens is 1. The highest BCUT2D eigenvalue weighted by Crippen LogP contribution is 2.36. The second-order valence-corrected chi connectivity index (χ2v) is 8.63. The summed E-state index contributed by atoms with van der Waals surface area (Å²) >= 11 is 0. The predicted molar refractivity (Wildman–Crippen MR) is 135 cm³/mol. The molecule has 0 aliphatic carbocycles. The van der Waals surface area contributed by atoms with Gasteiger partial charge in [0.1, 0.15) is 11.3 Å². The molecular formula is C30H23FN3+. The molecule has 0 N–H and O–H groups in total. The number of para-hydroxylation sites is 1. The van der Waals surface area contributed by atoms with Crippen LogP contribution in [0.1, 0.15) is 5.56 Å². The van der Waals surface area contributed by atoms with Gasteiger partial charge in [0.05, 0.1) is 18.0 Å². The highest BCUT2D eigenvalue weighted by atomic mass is 19.1. The average Bonchev–Trinajstić information content (AvgIpc) is 3.19. The lowest BCUT2D eigenvalue weighted by Gasteiger charge is -2.13. The molecule has 4 heteroatoms. The fourth-order valence-corrected chi connectivity index (χ4v) is 4.83. The molecule has 0 amide bonds. The van der Waals surface area contributed by atoms with E-state index in [0.717, 1.165) is 44.4 Å². The van der Waals surface area contributed by atoms with Crippen molar-refractivity contribution in [2.24, 2.45) is 7.05 Å². The summed E-state index contributed by atoms with van der Waals surface area (Å²) in [7, 11) is 2.05. The Morgan fingerprint density at radius 2 is 1.56 bits per heavy atom. The summed E-state index contributed by atoms with van der Waals surface area (Å²) in [4.78, 5) is 4.86. The summed E-state index contributed by atoms with van der Waals surface area (Å²) in [5, 5.41) is 1.11. The molecule has 3 nitrogen and oxygen atoms in total. The highest BCUT2D eigenvalue weighted by molar-refractivity contribution is 6.10. The smallest absolute Gasteiger partial charge is 0.287 e. The van der Waals surface area contributed by atoms with Crippen LogP contribution in [0.5, 0.6) is 0 Å². The molecule has 0 saturated carbocycles. The van der Waals surface area contributed by atoms with E-state index < -0.39 is 0 Å². The van der Waals surface area contributed by atoms with Crippen molar-refractivity contribution < 1.29 is 8.96 Å². The Labute approximate surface area is 197 Å². The van der Waals surface area contributed by atoms with Gasteiger partial charge in [-0.2, -0.15) is 0 Å². The first-order valence-corrected chi connectivity index (χ1v) is 11.3. The number of hydrogen-bond acceptors (Lipinski definition) is 1. The molecule has 0 fully saturated rings. The van der Waals surface area contributed by atoms with E-state index in [0.29, 0.717) is 0 Å². The van der Waals surface area contributed by atoms with Crippen LogP contribution < -0.4 is 4.57 Å². The number of aromatic nitrogens is 3. The second kappa shape index (κ2) is 7.92. The third-order valence-electron chi connectivity index (χ3n) is 6.47. The minimum absolute atomic E-state index is 0.233. The summed E-state index contributed by atoms with van der Waals surface area (Å²) in [6.07, 6.45) is 1.90. The van der Waals surface area contributed by atoms with Crippen LogP contribution in [0, 0.1) is 12.7 Å². The lowest BCUT2D eigenvalue weighted by Crippen LogP contribution is -2.32. The van der Waals surface area contributed by atoms with E-state index in [1.54, 1.807) is 0 Å². The van der Waals surface area contributed by atoms with Gasteiger partial charge in [-0.05, 0) is 65.0 Å². The first kappa shape index (κ1) is 20.3. The van der Waals surface area contributed by atoms with Gasteiger partial charge in [-0.25, -0.2) is 8.96 Å². The number of hydrogen-bond donors (Lipinski definition) is 0. The first-order chi connectivity index (χ1) is 16.6. The van der Waals surface area contributed by atoms with Gasteiger partial charge in [0, 0.05) is 11.3 Å². The Kier molecular flexibility index (Phi) is 4.73. The SMILES string of the molecule is Cc1ccccc1-c1c2c(nc[n+]1C)c1ccccc1n2-c1cccc(-c2ccc(F)cc2)c1. The molecule has 0 unspecified atom stereocenters. The molecule has 0 aliphatic rings. The quantitative estimate of drug-likeness (QED) is 0.276. The molecule has 0 radical (unpaired) electrons. The molecule has 0 spiro atoms. The number of fused-ring (bicyclic) bond motifs is 3. The highest BCUT2D eigenvalue weighted by Gasteiger charge is 2.25. The average molecular weight is 445 g/mol. The van der Waals surface area contributed by atoms with Gasteiger partial charge in [0.2, 0.25) is 5.52 Å². The maximum absolute atomic E-state index is 13.5. The van der Waals surface area contributed by atoms with Crippen LogP contribution in [0.15, 0.2) is 103 Å². The van der Waals surface area contributed by atoms with Crippen LogP contribution >= 0.6 is 0 Å². The Bertz CT molecular complexity index is 1680. The Morgan fingerprint density at radius 3 is 2.38 bits per heavy atom. The van der Waals surface area contributed by atoms with Crippen molar-refractivity contribution in [3.8, 4) is 28.1 Å². The molecule has 2 aromatic heterocycles. The molecule has 0 atom stereocenters. The van der Waals surface area contributed by atoms with Crippen LogP contribution in [0.2, 0.25) is 0 Å². The molecule has 4 aromatic carbocycles. The second-order valence-electron chi connectivity index (χ2n) is 8.63. The van der Waals surface area contributed by atoms with Crippen molar-refractivity contribution >= 4 is 21.9 Å². The largest absolute Gasteiger partial charge is 0.302 e. The van der Waals surface area contributed by atoms with Crippen molar-refractivity contribution in [2.75, 3.05) is 0 Å². The minimum Gasteiger partial charge on any atom is -0.302 e. The van der Waals surface area contributed by atoms with Gasteiger partial charge in [-0.3, -0.25) is 0 Å². The van der Waals surface area contributed by atoms with Crippen LogP contribution in [0.25, 0.3) is 50.0 Å². The summed E-state index contributed by atoms with van der Waals surface area (Å²) in [5.74, 6) is -0.233. The molecule has 6 aromatic rings. The summed E-state index contributed by atoms with van der Waals surface area (Å²) in [5.41, 5.74) is 9.69. The fourth-order valence-electron chi connectivity index (χ4n) is 4.83. The zero-order valence-corrected chi connectivity index (χ0v) is 19.0. The van der Waals surface area contributed by atoms with Gasteiger partial charge in [-0.1, -0.05) is 60.7 Å². The summed E-state index contributed by atoms with van der Waals surface area (Å²) < 4.78 is 17.9. The third kappa shape index (κ3) is 3.19. The molecule has 2 heterocycles. The van der Waals surface area contributed by atoms with Crippen LogP contribution in [-0.4, -0.2) is 9.55 Å². The van der Waals surface area contributed by atoms with Crippen LogP contribution in [0.4, 0.5) is 4.39 Å². The van der Waals surface area contributed by atoms with E-state index in [2.05, 4.69) is 88.9 Å². The topological polar surface area (TPSA) is 21.7 Å². The normalized spacial score (nSPS) is 11.4. The molecule has 0 saturated heterocycles. The number of aryl methyl sites for hydroxylation is 2. The molecule has 34 heavy (non-hydrogen) atoms. The van der Waals surface area contributed by atoms with Gasteiger partial charge < -0.3 is 4.57 Å². The molecule has 0 bridgehead atoms. The van der Waals surface area contributed by atoms with Crippen molar-refractivity contribution in [1.29, 1.82) is 0 Å². The van der Waals surface area contributed by atoms with E-state index in [-0.39, 0.29) is 5.82 Å². The van der Waals surface area contributed by atoms with E-state index in [4.69, 9.17) is 4.98 Å². The maximum Gasteiger partial charge on any atom is 0.287 e. The first-order valence-electron chi connectivity index (χ1n) is 11.3. The Hall–Kier alpha value is -4.31. The van der Waals surface area contributed by atoms with E-state index in [9.17, 15) is 4.39 Å². The van der Waals surface area contributed by atoms with Gasteiger partial charge in [0.25, 0.3) is 6.33 Å². The summed E-state index contributed by atoms with van der Waals surface area (Å²) in [6, 6.07) is 31.9. The standard InChI is InChI=1S/C30H23FN3/c1-20-8-3-4-11-25(20)29-30-28(32-19-33(29)2)26-12-5-6-13-27(26)34(30)24-10-7-9-22(18-24)21-14-16-23(31)17-15-21/h3-19H,1-2H3/q+1. The number of benzene rings is 4. The van der Waals surface area contributed by atoms with Crippen molar-refractivity contribution in [2.45, 2.75) is 6.92 Å². The third-order valence-corrected chi connectivity index (χ3v) is 6.47. The molecule has 6 rings (SSSR count). The summed E-state index contributed by atoms with van der Waals surface area (Å²) in [6.45, 7) is 2.14. The van der Waals surface area contributed by atoms with Crippen molar-refractivity contribution in [3.63, 3.8) is 0 Å². The van der Waals surface area contributed by atoms with Crippen molar-refractivity contribution in [3.05, 3.63) is 115 Å². The molecule has 0 aliphatic heterocycles. The lowest BCUT2D eigenvalue weighted by atomic mass is 10.0. The van der Waals surface area contributed by atoms with E-state index in [1.165, 1.54) is 23.3 Å². The van der Waals surface area contributed by atoms with Gasteiger partial charge in [0.15, 0.2) is 5.69 Å². The molecule has 164 valence electrons. The van der Waals surface area contributed by atoms with Crippen molar-refractivity contribution in [1.82, 2.24) is 9.55 Å². The number of rotatable bonds is 3. The Balaban J connectivity index is 1.71. The minimum atomic E-state index is -0.233. The lowest BCUT2D eigenvalue weighted by molar-refractivity contribution is -0.662. The molecular weight excluding hydrogens is 421 g/mol. The van der Waals surface area contributed by atoms with E-state index >= 15 is 0 Å². The monoisotopic (exact) mass is 444 g/mol. The fraction of sp³-hybridized carbons (Fsp3) is 0.0667. The zero-order chi connectivity index (χ0) is 23.2. The Morgan fingerprint density at radius 1 is 0.794 bits per heavy atom. The van der Waals surface area contributed by atoms with Crippen LogP contribution in [-0.2, 0) is 7.05 Å². The van der Waals surface area contributed by atoms with Gasteiger partial charge >= 0.3 is 0 Å². The zero-order valence-electron chi connectivity index (χ0n) is 19.0. The number of nitrogens with zero attached hydrogens (tertiary/aromatic N) is 3. The van der Waals surface area contributed by atoms with E-state index in [1.807, 2.05) is 25.5 Å². The van der Waals surface area contributed by atoms with Gasteiger partial charge in [-0.15, -0.1) is 0 Å². The predicted octanol–water partition coefficient (Wildman–Crippen LogP) is 6.78. The van der Waals surface area contributed by atoms with Crippen LogP contribution in [0.3, 0.4) is 0 Å².